The summed E-state index contributed by atoms with van der Waals surface area (Å²) in [6.45, 7) is 2.97. The van der Waals surface area contributed by atoms with Crippen LogP contribution in [0.5, 0.6) is 0 Å². The molecule has 17 heavy (non-hydrogen) atoms. The topological polar surface area (TPSA) is 73.3 Å². The summed E-state index contributed by atoms with van der Waals surface area (Å²) in [5.74, 6) is 0.149. The maximum atomic E-state index is 11.5. The monoisotopic (exact) mass is 253 g/mol. The van der Waals surface area contributed by atoms with Crippen molar-refractivity contribution in [2.24, 2.45) is 0 Å². The number of Topliss-reactive ketones (excluding diaryl/α,β-unsaturated/α-hetero) is 1. The fourth-order valence-corrected chi connectivity index (χ4v) is 2.05. The largest absolute Gasteiger partial charge is 0.453 e. The Bertz CT molecular complexity index is 644. The van der Waals surface area contributed by atoms with Gasteiger partial charge < -0.3 is 4.42 Å². The van der Waals surface area contributed by atoms with Crippen molar-refractivity contribution in [1.82, 2.24) is 0 Å². The first-order chi connectivity index (χ1) is 7.91. The number of nitrogens with zero attached hydrogens (tertiary/aromatic N) is 1. The van der Waals surface area contributed by atoms with Crippen LogP contribution in [0, 0.1) is 17.0 Å². The molecule has 0 aliphatic heterocycles. The Kier molecular flexibility index (Phi) is 2.63. The molecule has 6 heteroatoms. The highest BCUT2D eigenvalue weighted by molar-refractivity contribution is 6.32. The van der Waals surface area contributed by atoms with Gasteiger partial charge in [0.15, 0.2) is 5.78 Å². The van der Waals surface area contributed by atoms with Crippen LogP contribution in [0.4, 0.5) is 5.69 Å². The highest BCUT2D eigenvalue weighted by atomic mass is 35.5. The van der Waals surface area contributed by atoms with Crippen molar-refractivity contribution in [1.29, 1.82) is 0 Å². The van der Waals surface area contributed by atoms with Gasteiger partial charge in [0.25, 0.3) is 0 Å². The Morgan fingerprint density at radius 3 is 2.65 bits per heavy atom. The van der Waals surface area contributed by atoms with E-state index in [9.17, 15) is 14.9 Å². The number of ketones is 1. The average molecular weight is 254 g/mol. The third-order valence-electron chi connectivity index (χ3n) is 2.46. The quantitative estimate of drug-likeness (QED) is 0.466. The van der Waals surface area contributed by atoms with Gasteiger partial charge in [0.05, 0.1) is 10.5 Å². The first-order valence-corrected chi connectivity index (χ1v) is 5.17. The molecule has 1 aromatic heterocycles. The van der Waals surface area contributed by atoms with Gasteiger partial charge in [0.2, 0.25) is 5.58 Å². The number of nitro groups is 1. The Morgan fingerprint density at radius 2 is 2.12 bits per heavy atom. The van der Waals surface area contributed by atoms with Crippen LogP contribution in [0.1, 0.15) is 23.0 Å². The molecule has 2 rings (SSSR count). The van der Waals surface area contributed by atoms with Gasteiger partial charge in [-0.1, -0.05) is 11.6 Å². The van der Waals surface area contributed by atoms with Gasteiger partial charge >= 0.3 is 5.69 Å². The average Bonchev–Trinajstić information content (AvgIpc) is 2.52. The zero-order valence-corrected chi connectivity index (χ0v) is 9.87. The molecule has 5 nitrogen and oxygen atoms in total. The number of rotatable bonds is 2. The zero-order chi connectivity index (χ0) is 12.7. The van der Waals surface area contributed by atoms with Crippen molar-refractivity contribution in [3.05, 3.63) is 38.6 Å². The maximum absolute atomic E-state index is 11.5. The lowest BCUT2D eigenvalue weighted by atomic mass is 10.1. The summed E-state index contributed by atoms with van der Waals surface area (Å²) in [5.41, 5.74) is 0.191. The van der Waals surface area contributed by atoms with Crippen LogP contribution in [0.3, 0.4) is 0 Å². The van der Waals surface area contributed by atoms with E-state index < -0.39 is 4.92 Å². The minimum Gasteiger partial charge on any atom is -0.453 e. The van der Waals surface area contributed by atoms with Gasteiger partial charge in [-0.25, -0.2) is 0 Å². The number of hydrogen-bond acceptors (Lipinski definition) is 4. The van der Waals surface area contributed by atoms with Crippen LogP contribution in [0.25, 0.3) is 11.0 Å². The summed E-state index contributed by atoms with van der Waals surface area (Å²) in [5, 5.41) is 11.4. The number of aryl methyl sites for hydroxylation is 1. The van der Waals surface area contributed by atoms with Gasteiger partial charge in [-0.05, 0) is 19.9 Å². The van der Waals surface area contributed by atoms with E-state index in [1.165, 1.54) is 19.1 Å². The Hall–Kier alpha value is -1.88. The summed E-state index contributed by atoms with van der Waals surface area (Å²) >= 11 is 5.80. The lowest BCUT2D eigenvalue weighted by molar-refractivity contribution is -0.383. The Balaban J connectivity index is 2.94. The molecule has 0 spiro atoms. The van der Waals surface area contributed by atoms with Gasteiger partial charge in [-0.2, -0.15) is 0 Å². The molecule has 0 aliphatic carbocycles. The molecule has 0 unspecified atom stereocenters. The Morgan fingerprint density at radius 1 is 1.47 bits per heavy atom. The number of non-ortho nitro benzene ring substituents is 1. The number of nitro benzene ring substituents is 1. The molecule has 1 heterocycles. The number of fused-ring (bicyclic) bond motifs is 1. The van der Waals surface area contributed by atoms with Gasteiger partial charge in [-0.3, -0.25) is 14.9 Å². The van der Waals surface area contributed by atoms with Crippen molar-refractivity contribution in [2.75, 3.05) is 0 Å². The fraction of sp³-hybridized carbons (Fsp3) is 0.182. The lowest BCUT2D eigenvalue weighted by Crippen LogP contribution is -1.93. The second kappa shape index (κ2) is 3.85. The first-order valence-electron chi connectivity index (χ1n) is 4.79. The highest BCUT2D eigenvalue weighted by Gasteiger charge is 2.23. The molecule has 1 aromatic carbocycles. The van der Waals surface area contributed by atoms with Crippen LogP contribution in [0.2, 0.25) is 5.02 Å². The lowest BCUT2D eigenvalue weighted by Gasteiger charge is -1.95. The number of carbonyl (C=O) groups is 1. The van der Waals surface area contributed by atoms with Gasteiger partial charge in [0, 0.05) is 16.5 Å². The van der Waals surface area contributed by atoms with E-state index in [1.54, 1.807) is 6.92 Å². The summed E-state index contributed by atoms with van der Waals surface area (Å²) in [4.78, 5) is 21.7. The molecule has 0 atom stereocenters. The third-order valence-corrected chi connectivity index (χ3v) is 2.68. The summed E-state index contributed by atoms with van der Waals surface area (Å²) in [6, 6.07) is 2.70. The van der Waals surface area contributed by atoms with Crippen LogP contribution in [-0.4, -0.2) is 10.7 Å². The van der Waals surface area contributed by atoms with Crippen molar-refractivity contribution in [3.63, 3.8) is 0 Å². The summed E-state index contributed by atoms with van der Waals surface area (Å²) in [7, 11) is 0. The number of benzene rings is 1. The molecule has 0 fully saturated rings. The van der Waals surface area contributed by atoms with E-state index in [0.29, 0.717) is 16.7 Å². The van der Waals surface area contributed by atoms with E-state index in [4.69, 9.17) is 16.0 Å². The molecule has 0 saturated heterocycles. The highest BCUT2D eigenvalue weighted by Crippen LogP contribution is 2.35. The second-order valence-electron chi connectivity index (χ2n) is 3.65. The first kappa shape index (κ1) is 11.6. The molecule has 2 aromatic rings. The number of hydrogen-bond donors (Lipinski definition) is 0. The normalized spacial score (nSPS) is 10.8. The van der Waals surface area contributed by atoms with E-state index in [-0.39, 0.29) is 22.1 Å². The van der Waals surface area contributed by atoms with E-state index in [1.807, 2.05) is 0 Å². The van der Waals surface area contributed by atoms with Gasteiger partial charge in [0.1, 0.15) is 5.76 Å². The minimum atomic E-state index is -0.582. The smallest absolute Gasteiger partial charge is 0.313 e. The van der Waals surface area contributed by atoms with E-state index >= 15 is 0 Å². The van der Waals surface area contributed by atoms with Crippen LogP contribution >= 0.6 is 11.6 Å². The van der Waals surface area contributed by atoms with Crippen LogP contribution in [0.15, 0.2) is 16.5 Å². The third kappa shape index (κ3) is 1.78. The zero-order valence-electron chi connectivity index (χ0n) is 9.11. The van der Waals surface area contributed by atoms with E-state index in [2.05, 4.69) is 0 Å². The SMILES string of the molecule is CC(=O)c1c(C)oc2c([N+](=O)[O-])cc(Cl)cc12. The maximum Gasteiger partial charge on any atom is 0.313 e. The van der Waals surface area contributed by atoms with E-state index in [0.717, 1.165) is 0 Å². The molecule has 0 amide bonds. The fourth-order valence-electron chi connectivity index (χ4n) is 1.84. The van der Waals surface area contributed by atoms with Crippen molar-refractivity contribution >= 4 is 34.0 Å². The predicted molar refractivity (Wildman–Crippen MR) is 62.6 cm³/mol. The minimum absolute atomic E-state index is 0.0853. The standard InChI is InChI=1S/C11H8ClNO4/c1-5(14)10-6(2)17-11-8(10)3-7(12)4-9(11)13(15)16/h3-4H,1-2H3. The Labute approximate surface area is 101 Å². The molecular formula is C11H8ClNO4. The second-order valence-corrected chi connectivity index (χ2v) is 4.08. The number of carbonyl (C=O) groups excluding carboxylic acids is 1. The van der Waals surface area contributed by atoms with Crippen LogP contribution in [-0.2, 0) is 0 Å². The van der Waals surface area contributed by atoms with Gasteiger partial charge in [-0.15, -0.1) is 0 Å². The molecule has 0 radical (unpaired) electrons. The molecular weight excluding hydrogens is 246 g/mol. The molecule has 0 aliphatic rings. The summed E-state index contributed by atoms with van der Waals surface area (Å²) < 4.78 is 5.29. The molecule has 0 saturated carbocycles. The molecule has 0 bridgehead atoms. The summed E-state index contributed by atoms with van der Waals surface area (Å²) in [6.07, 6.45) is 0. The van der Waals surface area contributed by atoms with Crippen molar-refractivity contribution in [3.8, 4) is 0 Å². The van der Waals surface area contributed by atoms with Crippen molar-refractivity contribution in [2.45, 2.75) is 13.8 Å². The number of furan rings is 1. The molecule has 0 N–H and O–H groups in total. The predicted octanol–water partition coefficient (Wildman–Crippen LogP) is 3.51. The van der Waals surface area contributed by atoms with Crippen LogP contribution < -0.4 is 0 Å². The van der Waals surface area contributed by atoms with Crippen molar-refractivity contribution < 1.29 is 14.1 Å². The molecule has 88 valence electrons. The number of halogens is 1.